The van der Waals surface area contributed by atoms with Gasteiger partial charge < -0.3 is 0 Å². The minimum Gasteiger partial charge on any atom is -0.289 e. The fourth-order valence-electron chi connectivity index (χ4n) is 3.62. The predicted octanol–water partition coefficient (Wildman–Crippen LogP) is 1.96. The maximum Gasteiger partial charge on any atom is 0.245 e. The molecule has 1 aliphatic carbocycles. The Morgan fingerprint density at radius 3 is 2.59 bits per heavy atom. The molecule has 1 amide bonds. The summed E-state index contributed by atoms with van der Waals surface area (Å²) < 4.78 is 27.3. The van der Waals surface area contributed by atoms with E-state index in [4.69, 9.17) is 5.21 Å². The van der Waals surface area contributed by atoms with Crippen LogP contribution in [0.15, 0.2) is 29.2 Å². The number of benzene rings is 1. The van der Waals surface area contributed by atoms with Crippen molar-refractivity contribution in [3.05, 3.63) is 29.8 Å². The lowest BCUT2D eigenvalue weighted by Crippen LogP contribution is -2.41. The molecule has 0 saturated heterocycles. The van der Waals surface area contributed by atoms with Crippen molar-refractivity contribution in [3.8, 4) is 0 Å². The van der Waals surface area contributed by atoms with Crippen molar-refractivity contribution in [2.24, 2.45) is 0 Å². The van der Waals surface area contributed by atoms with Crippen LogP contribution in [-0.4, -0.2) is 29.9 Å². The van der Waals surface area contributed by atoms with Gasteiger partial charge in [-0.15, -0.1) is 0 Å². The monoisotopic (exact) mass is 324 g/mol. The molecule has 120 valence electrons. The van der Waals surface area contributed by atoms with Gasteiger partial charge >= 0.3 is 0 Å². The van der Waals surface area contributed by atoms with E-state index in [0.29, 0.717) is 5.56 Å². The van der Waals surface area contributed by atoms with Gasteiger partial charge in [0.15, 0.2) is 0 Å². The molecular weight excluding hydrogens is 304 g/mol. The first-order valence-electron chi connectivity index (χ1n) is 7.61. The lowest BCUT2D eigenvalue weighted by Gasteiger charge is -2.33. The normalized spacial score (nSPS) is 24.9. The Balaban J connectivity index is 2.03. The predicted molar refractivity (Wildman–Crippen MR) is 79.6 cm³/mol. The van der Waals surface area contributed by atoms with Crippen LogP contribution < -0.4 is 5.48 Å². The second kappa shape index (κ2) is 5.98. The molecule has 1 aliphatic heterocycles. The highest BCUT2D eigenvalue weighted by atomic mass is 32.2. The highest BCUT2D eigenvalue weighted by molar-refractivity contribution is 7.89. The highest BCUT2D eigenvalue weighted by Gasteiger charge is 2.46. The average Bonchev–Trinajstić information content (AvgIpc) is 2.76. The van der Waals surface area contributed by atoms with Crippen molar-refractivity contribution in [1.29, 1.82) is 0 Å². The topological polar surface area (TPSA) is 86.7 Å². The van der Waals surface area contributed by atoms with Crippen LogP contribution in [0.4, 0.5) is 0 Å². The van der Waals surface area contributed by atoms with Crippen LogP contribution in [0.5, 0.6) is 0 Å². The molecule has 1 atom stereocenters. The van der Waals surface area contributed by atoms with Crippen LogP contribution in [0.3, 0.4) is 0 Å². The van der Waals surface area contributed by atoms with Gasteiger partial charge in [0.1, 0.15) is 0 Å². The van der Waals surface area contributed by atoms with Crippen LogP contribution >= 0.6 is 0 Å². The van der Waals surface area contributed by atoms with Gasteiger partial charge in [-0.05, 0) is 24.5 Å². The molecule has 0 radical (unpaired) electrons. The van der Waals surface area contributed by atoms with E-state index in [1.807, 2.05) is 0 Å². The lowest BCUT2D eigenvalue weighted by atomic mass is 9.93. The van der Waals surface area contributed by atoms with Crippen molar-refractivity contribution in [1.82, 2.24) is 9.79 Å². The number of sulfonamides is 1. The molecule has 2 aliphatic rings. The number of rotatable bonds is 3. The molecule has 1 aromatic rings. The number of fused-ring (bicyclic) bond motifs is 1. The Kier molecular flexibility index (Phi) is 4.20. The number of amides is 1. The second-order valence-corrected chi connectivity index (χ2v) is 7.73. The number of hydroxylamine groups is 1. The number of hydrogen-bond donors (Lipinski definition) is 2. The van der Waals surface area contributed by atoms with Crippen molar-refractivity contribution in [2.45, 2.75) is 55.5 Å². The van der Waals surface area contributed by atoms with Crippen LogP contribution in [0.25, 0.3) is 0 Å². The third-order valence-electron chi connectivity index (χ3n) is 4.58. The zero-order chi connectivity index (χ0) is 15.7. The zero-order valence-corrected chi connectivity index (χ0v) is 13.1. The van der Waals surface area contributed by atoms with Crippen LogP contribution in [0, 0.1) is 0 Å². The summed E-state index contributed by atoms with van der Waals surface area (Å²) >= 11 is 0. The van der Waals surface area contributed by atoms with Crippen LogP contribution in [0.2, 0.25) is 0 Å². The van der Waals surface area contributed by atoms with Gasteiger partial charge in [-0.25, -0.2) is 13.9 Å². The highest BCUT2D eigenvalue weighted by Crippen LogP contribution is 2.45. The van der Waals surface area contributed by atoms with Gasteiger partial charge in [0.2, 0.25) is 15.9 Å². The summed E-state index contributed by atoms with van der Waals surface area (Å²) in [5.41, 5.74) is 2.26. The van der Waals surface area contributed by atoms with E-state index in [1.54, 1.807) is 29.7 Å². The molecule has 1 saturated carbocycles. The SMILES string of the molecule is O=C(CC1c2ccccc2S(=O)(=O)N1C1CCCCC1)NO. The molecule has 7 heteroatoms. The zero-order valence-electron chi connectivity index (χ0n) is 12.2. The number of nitrogens with one attached hydrogen (secondary N) is 1. The summed E-state index contributed by atoms with van der Waals surface area (Å²) in [5, 5.41) is 8.80. The summed E-state index contributed by atoms with van der Waals surface area (Å²) in [6.45, 7) is 0. The molecule has 0 spiro atoms. The van der Waals surface area contributed by atoms with Crippen molar-refractivity contribution in [2.75, 3.05) is 0 Å². The van der Waals surface area contributed by atoms with Crippen molar-refractivity contribution < 1.29 is 18.4 Å². The molecule has 1 aromatic carbocycles. The van der Waals surface area contributed by atoms with E-state index in [2.05, 4.69) is 0 Å². The fourth-order valence-corrected chi connectivity index (χ4v) is 5.72. The quantitative estimate of drug-likeness (QED) is 0.657. The molecule has 1 unspecified atom stereocenters. The summed E-state index contributed by atoms with van der Waals surface area (Å²) in [7, 11) is -3.58. The maximum absolute atomic E-state index is 12.9. The molecule has 1 heterocycles. The Morgan fingerprint density at radius 2 is 1.91 bits per heavy atom. The molecule has 2 N–H and O–H groups in total. The van der Waals surface area contributed by atoms with E-state index in [0.717, 1.165) is 32.1 Å². The van der Waals surface area contributed by atoms with Crippen LogP contribution in [0.1, 0.15) is 50.1 Å². The van der Waals surface area contributed by atoms with Crippen molar-refractivity contribution in [3.63, 3.8) is 0 Å². The van der Waals surface area contributed by atoms with E-state index in [1.165, 1.54) is 4.31 Å². The summed E-state index contributed by atoms with van der Waals surface area (Å²) in [4.78, 5) is 11.9. The maximum atomic E-state index is 12.9. The standard InChI is InChI=1S/C15H20N2O4S/c18-15(16-19)10-13-12-8-4-5-9-14(12)22(20,21)17(13)11-6-2-1-3-7-11/h4-5,8-9,11,13,19H,1-3,6-7,10H2,(H,16,18). The van der Waals surface area contributed by atoms with E-state index in [-0.39, 0.29) is 17.4 Å². The number of nitrogens with zero attached hydrogens (tertiary/aromatic N) is 1. The minimum absolute atomic E-state index is 0.0662. The van der Waals surface area contributed by atoms with E-state index < -0.39 is 22.0 Å². The molecule has 0 aromatic heterocycles. The number of hydrogen-bond acceptors (Lipinski definition) is 4. The molecule has 3 rings (SSSR count). The Bertz CT molecular complexity index is 668. The van der Waals surface area contributed by atoms with Gasteiger partial charge in [-0.3, -0.25) is 10.0 Å². The minimum atomic E-state index is -3.58. The van der Waals surface area contributed by atoms with Gasteiger partial charge in [0.05, 0.1) is 10.9 Å². The van der Waals surface area contributed by atoms with Gasteiger partial charge in [-0.1, -0.05) is 37.5 Å². The van der Waals surface area contributed by atoms with Gasteiger partial charge in [0.25, 0.3) is 0 Å². The lowest BCUT2D eigenvalue weighted by molar-refractivity contribution is -0.130. The summed E-state index contributed by atoms with van der Waals surface area (Å²) in [6.07, 6.45) is 4.72. The third kappa shape index (κ3) is 2.53. The Labute approximate surface area is 130 Å². The summed E-state index contributed by atoms with van der Waals surface area (Å²) in [5.74, 6) is -0.572. The van der Waals surface area contributed by atoms with Gasteiger partial charge in [0, 0.05) is 12.5 Å². The van der Waals surface area contributed by atoms with Gasteiger partial charge in [-0.2, -0.15) is 4.31 Å². The number of carbonyl (C=O) groups is 1. The molecule has 6 nitrogen and oxygen atoms in total. The largest absolute Gasteiger partial charge is 0.289 e. The molecular formula is C15H20N2O4S. The first-order valence-corrected chi connectivity index (χ1v) is 9.05. The van der Waals surface area contributed by atoms with E-state index >= 15 is 0 Å². The smallest absolute Gasteiger partial charge is 0.245 e. The number of carbonyl (C=O) groups excluding carboxylic acids is 1. The summed E-state index contributed by atoms with van der Waals surface area (Å²) in [6, 6.07) is 6.23. The fraction of sp³-hybridized carbons (Fsp3) is 0.533. The molecule has 22 heavy (non-hydrogen) atoms. The molecule has 0 bridgehead atoms. The molecule has 1 fully saturated rings. The van der Waals surface area contributed by atoms with E-state index in [9.17, 15) is 13.2 Å². The average molecular weight is 324 g/mol. The third-order valence-corrected chi connectivity index (χ3v) is 6.61. The second-order valence-electron chi connectivity index (χ2n) is 5.92. The first-order chi connectivity index (χ1) is 10.6. The van der Waals surface area contributed by atoms with Crippen LogP contribution in [-0.2, 0) is 14.8 Å². The van der Waals surface area contributed by atoms with Crippen molar-refractivity contribution >= 4 is 15.9 Å². The Hall–Kier alpha value is -1.44. The first kappa shape index (κ1) is 15.5. The Morgan fingerprint density at radius 1 is 1.23 bits per heavy atom.